The van der Waals surface area contributed by atoms with Crippen molar-refractivity contribution in [3.63, 3.8) is 0 Å². The Bertz CT molecular complexity index is 976. The molecule has 0 N–H and O–H groups in total. The quantitative estimate of drug-likeness (QED) is 0.620. The molecule has 0 atom stereocenters. The van der Waals surface area contributed by atoms with Crippen molar-refractivity contribution in [3.05, 3.63) is 72.1 Å². The van der Waals surface area contributed by atoms with Crippen LogP contribution in [0.25, 0.3) is 5.69 Å². The van der Waals surface area contributed by atoms with Crippen LogP contribution < -0.4 is 9.64 Å². The molecule has 30 heavy (non-hydrogen) atoms. The van der Waals surface area contributed by atoms with E-state index >= 15 is 0 Å². The summed E-state index contributed by atoms with van der Waals surface area (Å²) in [4.78, 5) is 17.2. The number of nitrogens with zero attached hydrogens (tertiary/aromatic N) is 4. The van der Waals surface area contributed by atoms with Gasteiger partial charge in [0.2, 0.25) is 0 Å². The molecule has 1 amide bonds. The summed E-state index contributed by atoms with van der Waals surface area (Å²) in [5.41, 5.74) is 3.54. The molecule has 1 aliphatic rings. The van der Waals surface area contributed by atoms with Gasteiger partial charge in [-0.25, -0.2) is 4.68 Å². The van der Waals surface area contributed by atoms with Gasteiger partial charge in [-0.3, -0.25) is 4.79 Å². The Morgan fingerprint density at radius 1 is 1.00 bits per heavy atom. The molecule has 0 bridgehead atoms. The highest BCUT2D eigenvalue weighted by Crippen LogP contribution is 2.23. The molecule has 0 unspecified atom stereocenters. The summed E-state index contributed by atoms with van der Waals surface area (Å²) in [6, 6.07) is 18.2. The lowest BCUT2D eigenvalue weighted by molar-refractivity contribution is 0.0775. The molecule has 2 heterocycles. The molecular formula is C24H28N4O2. The fourth-order valence-corrected chi connectivity index (χ4v) is 3.86. The minimum atomic E-state index is -0.165. The predicted molar refractivity (Wildman–Crippen MR) is 118 cm³/mol. The number of methoxy groups -OCH3 is 1. The second-order valence-corrected chi connectivity index (χ2v) is 7.70. The Hall–Kier alpha value is -3.28. The molecule has 6 nitrogen and oxygen atoms in total. The van der Waals surface area contributed by atoms with Gasteiger partial charge in [0, 0.05) is 32.4 Å². The van der Waals surface area contributed by atoms with E-state index in [2.05, 4.69) is 34.3 Å². The highest BCUT2D eigenvalue weighted by Gasteiger charge is 2.22. The molecule has 2 aromatic carbocycles. The Kier molecular flexibility index (Phi) is 6.02. The van der Waals surface area contributed by atoms with E-state index in [0.717, 1.165) is 24.3 Å². The largest absolute Gasteiger partial charge is 0.493 e. The lowest BCUT2D eigenvalue weighted by Crippen LogP contribution is -2.29. The van der Waals surface area contributed by atoms with Crippen molar-refractivity contribution >= 4 is 11.6 Å². The summed E-state index contributed by atoms with van der Waals surface area (Å²) in [5, 5.41) is 4.48. The van der Waals surface area contributed by atoms with Crippen LogP contribution in [0, 0.1) is 0 Å². The summed E-state index contributed by atoms with van der Waals surface area (Å²) < 4.78 is 7.09. The number of para-hydroxylation sites is 1. The summed E-state index contributed by atoms with van der Waals surface area (Å²) in [7, 11) is 3.35. The number of anilines is 1. The van der Waals surface area contributed by atoms with Crippen LogP contribution >= 0.6 is 0 Å². The second kappa shape index (κ2) is 9.03. The topological polar surface area (TPSA) is 50.6 Å². The Morgan fingerprint density at radius 2 is 1.70 bits per heavy atom. The third kappa shape index (κ3) is 4.32. The van der Waals surface area contributed by atoms with E-state index < -0.39 is 0 Å². The Balaban J connectivity index is 1.46. The van der Waals surface area contributed by atoms with Gasteiger partial charge < -0.3 is 14.5 Å². The first-order valence-corrected chi connectivity index (χ1v) is 10.4. The van der Waals surface area contributed by atoms with E-state index in [1.54, 1.807) is 29.9 Å². The van der Waals surface area contributed by atoms with Gasteiger partial charge in [-0.1, -0.05) is 30.3 Å². The van der Waals surface area contributed by atoms with E-state index in [0.29, 0.717) is 18.0 Å². The smallest absolute Gasteiger partial charge is 0.278 e. The third-order valence-corrected chi connectivity index (χ3v) is 5.55. The average molecular weight is 405 g/mol. The molecule has 1 aromatic heterocycles. The zero-order chi connectivity index (χ0) is 20.9. The highest BCUT2D eigenvalue weighted by molar-refractivity contribution is 5.94. The number of hydrogen-bond acceptors (Lipinski definition) is 4. The fraction of sp³-hybridized carbons (Fsp3) is 0.333. The van der Waals surface area contributed by atoms with Gasteiger partial charge in [-0.05, 0) is 49.1 Å². The van der Waals surface area contributed by atoms with Gasteiger partial charge in [0.05, 0.1) is 19.0 Å². The van der Waals surface area contributed by atoms with E-state index in [1.165, 1.54) is 24.9 Å². The number of carbonyl (C=O) groups is 1. The highest BCUT2D eigenvalue weighted by atomic mass is 16.5. The molecule has 0 aliphatic carbocycles. The van der Waals surface area contributed by atoms with E-state index in [-0.39, 0.29) is 5.91 Å². The predicted octanol–water partition coefficient (Wildman–Crippen LogP) is 4.14. The van der Waals surface area contributed by atoms with Crippen LogP contribution in [0.3, 0.4) is 0 Å². The van der Waals surface area contributed by atoms with Crippen molar-refractivity contribution in [2.45, 2.75) is 25.8 Å². The third-order valence-electron chi connectivity index (χ3n) is 5.55. The van der Waals surface area contributed by atoms with Gasteiger partial charge >= 0.3 is 0 Å². The summed E-state index contributed by atoms with van der Waals surface area (Å²) in [5.74, 6) is 0.304. The van der Waals surface area contributed by atoms with E-state index in [1.807, 2.05) is 30.3 Å². The van der Waals surface area contributed by atoms with E-state index in [9.17, 15) is 4.79 Å². The number of carbonyl (C=O) groups excluding carboxylic acids is 1. The van der Waals surface area contributed by atoms with Crippen LogP contribution in [0.4, 0.5) is 5.69 Å². The van der Waals surface area contributed by atoms with Crippen LogP contribution in [0.15, 0.2) is 60.8 Å². The zero-order valence-corrected chi connectivity index (χ0v) is 17.6. The molecule has 0 radical (unpaired) electrons. The molecular weight excluding hydrogens is 376 g/mol. The zero-order valence-electron chi connectivity index (χ0n) is 17.6. The van der Waals surface area contributed by atoms with Crippen molar-refractivity contribution in [1.82, 2.24) is 14.7 Å². The molecule has 4 rings (SSSR count). The molecule has 0 saturated carbocycles. The fourth-order valence-electron chi connectivity index (χ4n) is 3.86. The summed E-state index contributed by atoms with van der Waals surface area (Å²) >= 11 is 0. The van der Waals surface area contributed by atoms with Gasteiger partial charge in [0.25, 0.3) is 5.91 Å². The van der Waals surface area contributed by atoms with Crippen LogP contribution in [-0.2, 0) is 6.54 Å². The van der Waals surface area contributed by atoms with Crippen molar-refractivity contribution in [2.75, 3.05) is 32.1 Å². The van der Waals surface area contributed by atoms with Gasteiger partial charge in [-0.15, -0.1) is 0 Å². The van der Waals surface area contributed by atoms with Gasteiger partial charge in [0.15, 0.2) is 11.4 Å². The van der Waals surface area contributed by atoms with Crippen LogP contribution in [0.1, 0.15) is 35.3 Å². The lowest BCUT2D eigenvalue weighted by atomic mass is 10.1. The van der Waals surface area contributed by atoms with Crippen LogP contribution in [0.5, 0.6) is 5.75 Å². The first-order chi connectivity index (χ1) is 14.7. The molecule has 1 fully saturated rings. The first kappa shape index (κ1) is 20.0. The minimum absolute atomic E-state index is 0.165. The maximum Gasteiger partial charge on any atom is 0.278 e. The minimum Gasteiger partial charge on any atom is -0.493 e. The number of rotatable bonds is 6. The molecule has 156 valence electrons. The van der Waals surface area contributed by atoms with Crippen molar-refractivity contribution in [1.29, 1.82) is 0 Å². The average Bonchev–Trinajstić information content (AvgIpc) is 3.25. The number of piperidine rings is 1. The molecule has 6 heteroatoms. The molecule has 1 saturated heterocycles. The monoisotopic (exact) mass is 404 g/mol. The van der Waals surface area contributed by atoms with Crippen LogP contribution in [-0.4, -0.2) is 47.8 Å². The maximum absolute atomic E-state index is 13.0. The Labute approximate surface area is 177 Å². The molecule has 1 aliphatic heterocycles. The number of amides is 1. The molecule has 0 spiro atoms. The van der Waals surface area contributed by atoms with Crippen LogP contribution in [0.2, 0.25) is 0 Å². The second-order valence-electron chi connectivity index (χ2n) is 7.70. The van der Waals surface area contributed by atoms with Crippen molar-refractivity contribution < 1.29 is 9.53 Å². The van der Waals surface area contributed by atoms with Gasteiger partial charge in [-0.2, -0.15) is 5.10 Å². The first-order valence-electron chi connectivity index (χ1n) is 10.4. The van der Waals surface area contributed by atoms with Crippen molar-refractivity contribution in [2.24, 2.45) is 0 Å². The maximum atomic E-state index is 13.0. The number of ether oxygens (including phenoxy) is 1. The summed E-state index contributed by atoms with van der Waals surface area (Å²) in [6.07, 6.45) is 5.59. The molecule has 3 aromatic rings. The normalized spacial score (nSPS) is 13.9. The van der Waals surface area contributed by atoms with Crippen molar-refractivity contribution in [3.8, 4) is 11.4 Å². The van der Waals surface area contributed by atoms with Gasteiger partial charge in [0.1, 0.15) is 0 Å². The summed E-state index contributed by atoms with van der Waals surface area (Å²) in [6.45, 7) is 2.77. The number of hydrogen-bond donors (Lipinski definition) is 0. The van der Waals surface area contributed by atoms with E-state index in [4.69, 9.17) is 4.74 Å². The number of benzene rings is 2. The Morgan fingerprint density at radius 3 is 2.37 bits per heavy atom. The standard InChI is InChI=1S/C24H28N4O2/c1-26(17-19-11-13-20(14-12-19)27-15-7-4-8-16-27)24(29)23-22(30-2)18-28(25-23)21-9-5-3-6-10-21/h3,5-6,9-14,18H,4,7-8,15-17H2,1-2H3. The number of aromatic nitrogens is 2. The SMILES string of the molecule is COc1cn(-c2ccccc2)nc1C(=O)N(C)Cc1ccc(N2CCCCC2)cc1. The lowest BCUT2D eigenvalue weighted by Gasteiger charge is -2.29.